The maximum absolute atomic E-state index is 11.6. The van der Waals surface area contributed by atoms with Crippen LogP contribution in [0.2, 0.25) is 0 Å². The number of imidazole rings is 1. The number of hydrogen-bond donors (Lipinski definition) is 1. The van der Waals surface area contributed by atoms with E-state index in [9.17, 15) is 4.79 Å². The maximum atomic E-state index is 11.6. The number of hydrogen-bond acceptors (Lipinski definition) is 4. The SMILES string of the molecule is CC(=O)N1CCC[C@@H](c2nc(C)cc(-c3ncc[nH]3)n2)C1. The molecule has 0 bridgehead atoms. The van der Waals surface area contributed by atoms with Gasteiger partial charge in [0.15, 0.2) is 5.82 Å². The summed E-state index contributed by atoms with van der Waals surface area (Å²) in [6.45, 7) is 5.12. The normalized spacial score (nSPS) is 18.8. The van der Waals surface area contributed by atoms with Gasteiger partial charge in [0.25, 0.3) is 0 Å². The summed E-state index contributed by atoms with van der Waals surface area (Å²) < 4.78 is 0. The molecule has 21 heavy (non-hydrogen) atoms. The molecule has 0 aromatic carbocycles. The summed E-state index contributed by atoms with van der Waals surface area (Å²) >= 11 is 0. The molecule has 1 amide bonds. The average Bonchev–Trinajstić information content (AvgIpc) is 3.01. The van der Waals surface area contributed by atoms with Crippen LogP contribution in [0.15, 0.2) is 18.5 Å². The van der Waals surface area contributed by atoms with Crippen molar-refractivity contribution in [3.63, 3.8) is 0 Å². The van der Waals surface area contributed by atoms with Crippen molar-refractivity contribution in [2.75, 3.05) is 13.1 Å². The zero-order valence-electron chi connectivity index (χ0n) is 12.3. The molecule has 1 saturated heterocycles. The van der Waals surface area contributed by atoms with E-state index in [1.54, 1.807) is 19.3 Å². The van der Waals surface area contributed by atoms with Gasteiger partial charge in [0.1, 0.15) is 11.5 Å². The van der Waals surface area contributed by atoms with E-state index in [1.807, 2.05) is 17.9 Å². The van der Waals surface area contributed by atoms with Gasteiger partial charge in [0, 0.05) is 44.0 Å². The van der Waals surface area contributed by atoms with Crippen LogP contribution in [0.25, 0.3) is 11.5 Å². The highest BCUT2D eigenvalue weighted by molar-refractivity contribution is 5.73. The Bertz CT molecular complexity index is 638. The molecule has 1 aliphatic rings. The van der Waals surface area contributed by atoms with Crippen molar-refractivity contribution in [1.29, 1.82) is 0 Å². The third kappa shape index (κ3) is 2.94. The number of likely N-dealkylation sites (tertiary alicyclic amines) is 1. The molecule has 1 aliphatic heterocycles. The fourth-order valence-electron chi connectivity index (χ4n) is 2.77. The Hall–Kier alpha value is -2.24. The molecule has 2 aromatic rings. The molecule has 0 unspecified atom stereocenters. The summed E-state index contributed by atoms with van der Waals surface area (Å²) in [5, 5.41) is 0. The molecule has 2 aromatic heterocycles. The molecular formula is C15H19N5O. The Kier molecular flexibility index (Phi) is 3.68. The summed E-state index contributed by atoms with van der Waals surface area (Å²) in [6, 6.07) is 1.92. The van der Waals surface area contributed by atoms with Crippen molar-refractivity contribution in [2.45, 2.75) is 32.6 Å². The third-order valence-corrected chi connectivity index (χ3v) is 3.84. The number of carbonyl (C=O) groups is 1. The first-order chi connectivity index (χ1) is 10.1. The van der Waals surface area contributed by atoms with E-state index in [0.717, 1.165) is 42.4 Å². The minimum absolute atomic E-state index is 0.124. The number of amides is 1. The quantitative estimate of drug-likeness (QED) is 0.914. The average molecular weight is 285 g/mol. The van der Waals surface area contributed by atoms with Crippen LogP contribution in [0.5, 0.6) is 0 Å². The Morgan fingerprint density at radius 1 is 1.43 bits per heavy atom. The second-order valence-corrected chi connectivity index (χ2v) is 5.49. The van der Waals surface area contributed by atoms with Gasteiger partial charge in [0.05, 0.1) is 0 Å². The Balaban J connectivity index is 1.90. The minimum atomic E-state index is 0.124. The lowest BCUT2D eigenvalue weighted by atomic mass is 9.97. The number of H-pyrrole nitrogens is 1. The predicted molar refractivity (Wildman–Crippen MR) is 78.6 cm³/mol. The van der Waals surface area contributed by atoms with E-state index in [1.165, 1.54) is 0 Å². The van der Waals surface area contributed by atoms with Gasteiger partial charge in [-0.05, 0) is 25.8 Å². The smallest absolute Gasteiger partial charge is 0.219 e. The van der Waals surface area contributed by atoms with E-state index in [2.05, 4.69) is 19.9 Å². The second-order valence-electron chi connectivity index (χ2n) is 5.49. The first-order valence-electron chi connectivity index (χ1n) is 7.24. The first kappa shape index (κ1) is 13.7. The fourth-order valence-corrected chi connectivity index (χ4v) is 2.77. The highest BCUT2D eigenvalue weighted by atomic mass is 16.2. The van der Waals surface area contributed by atoms with E-state index in [-0.39, 0.29) is 11.8 Å². The molecule has 6 heteroatoms. The van der Waals surface area contributed by atoms with Crippen molar-refractivity contribution in [2.24, 2.45) is 0 Å². The molecule has 3 rings (SSSR count). The number of aryl methyl sites for hydroxylation is 1. The van der Waals surface area contributed by atoms with Crippen LogP contribution < -0.4 is 0 Å². The fraction of sp³-hybridized carbons (Fsp3) is 0.467. The molecule has 110 valence electrons. The van der Waals surface area contributed by atoms with Crippen LogP contribution >= 0.6 is 0 Å². The number of carbonyl (C=O) groups excluding carboxylic acids is 1. The van der Waals surface area contributed by atoms with Crippen LogP contribution in [0, 0.1) is 6.92 Å². The molecule has 3 heterocycles. The number of nitrogens with one attached hydrogen (secondary N) is 1. The highest BCUT2D eigenvalue weighted by Gasteiger charge is 2.25. The van der Waals surface area contributed by atoms with E-state index < -0.39 is 0 Å². The monoisotopic (exact) mass is 285 g/mol. The summed E-state index contributed by atoms with van der Waals surface area (Å²) in [5.74, 6) is 1.89. The predicted octanol–water partition coefficient (Wildman–Crippen LogP) is 1.90. The summed E-state index contributed by atoms with van der Waals surface area (Å²) in [6.07, 6.45) is 5.51. The lowest BCUT2D eigenvalue weighted by Crippen LogP contribution is -2.38. The number of nitrogens with zero attached hydrogens (tertiary/aromatic N) is 4. The van der Waals surface area contributed by atoms with Crippen molar-refractivity contribution < 1.29 is 4.79 Å². The third-order valence-electron chi connectivity index (χ3n) is 3.84. The standard InChI is InChI=1S/C15H19N5O/c1-10-8-13(15-16-5-6-17-15)19-14(18-10)12-4-3-7-20(9-12)11(2)21/h5-6,8,12H,3-4,7,9H2,1-2H3,(H,16,17)/t12-/m1/s1. The van der Waals surface area contributed by atoms with Gasteiger partial charge >= 0.3 is 0 Å². The largest absolute Gasteiger partial charge is 0.343 e. The van der Waals surface area contributed by atoms with Crippen LogP contribution in [0.3, 0.4) is 0 Å². The highest BCUT2D eigenvalue weighted by Crippen LogP contribution is 2.26. The molecule has 1 atom stereocenters. The van der Waals surface area contributed by atoms with Crippen LogP contribution in [-0.2, 0) is 4.79 Å². The number of piperidine rings is 1. The van der Waals surface area contributed by atoms with Gasteiger partial charge in [0.2, 0.25) is 5.91 Å². The molecule has 1 fully saturated rings. The van der Waals surface area contributed by atoms with Crippen LogP contribution in [-0.4, -0.2) is 43.8 Å². The summed E-state index contributed by atoms with van der Waals surface area (Å²) in [5.41, 5.74) is 1.73. The van der Waals surface area contributed by atoms with Gasteiger partial charge in [-0.1, -0.05) is 0 Å². The number of rotatable bonds is 2. The van der Waals surface area contributed by atoms with E-state index in [4.69, 9.17) is 0 Å². The topological polar surface area (TPSA) is 74.8 Å². The Morgan fingerprint density at radius 3 is 3.00 bits per heavy atom. The van der Waals surface area contributed by atoms with Gasteiger partial charge < -0.3 is 9.88 Å². The van der Waals surface area contributed by atoms with Crippen LogP contribution in [0.1, 0.15) is 37.2 Å². The van der Waals surface area contributed by atoms with E-state index >= 15 is 0 Å². The second kappa shape index (κ2) is 5.63. The summed E-state index contributed by atoms with van der Waals surface area (Å²) in [4.78, 5) is 30.0. The Labute approximate surface area is 123 Å². The minimum Gasteiger partial charge on any atom is -0.343 e. The molecule has 0 radical (unpaired) electrons. The number of aromatic nitrogens is 4. The van der Waals surface area contributed by atoms with Gasteiger partial charge in [-0.2, -0.15) is 0 Å². The van der Waals surface area contributed by atoms with Gasteiger partial charge in [-0.3, -0.25) is 4.79 Å². The zero-order valence-corrected chi connectivity index (χ0v) is 12.3. The van der Waals surface area contributed by atoms with E-state index in [0.29, 0.717) is 6.54 Å². The Morgan fingerprint density at radius 2 is 2.29 bits per heavy atom. The van der Waals surface area contributed by atoms with Crippen LogP contribution in [0.4, 0.5) is 0 Å². The van der Waals surface area contributed by atoms with Crippen molar-refractivity contribution >= 4 is 5.91 Å². The zero-order chi connectivity index (χ0) is 14.8. The molecule has 0 saturated carbocycles. The molecule has 6 nitrogen and oxygen atoms in total. The van der Waals surface area contributed by atoms with Crippen molar-refractivity contribution in [1.82, 2.24) is 24.8 Å². The molecule has 0 spiro atoms. The lowest BCUT2D eigenvalue weighted by Gasteiger charge is -2.31. The van der Waals surface area contributed by atoms with Crippen molar-refractivity contribution in [3.05, 3.63) is 30.0 Å². The molecular weight excluding hydrogens is 266 g/mol. The van der Waals surface area contributed by atoms with Gasteiger partial charge in [-0.15, -0.1) is 0 Å². The molecule has 1 N–H and O–H groups in total. The molecule has 0 aliphatic carbocycles. The lowest BCUT2D eigenvalue weighted by molar-refractivity contribution is -0.130. The number of aromatic amines is 1. The first-order valence-corrected chi connectivity index (χ1v) is 7.24. The van der Waals surface area contributed by atoms with Gasteiger partial charge in [-0.25, -0.2) is 15.0 Å². The summed E-state index contributed by atoms with van der Waals surface area (Å²) in [7, 11) is 0. The van der Waals surface area contributed by atoms with Crippen molar-refractivity contribution in [3.8, 4) is 11.5 Å². The maximum Gasteiger partial charge on any atom is 0.219 e.